The number of carboxylic acid groups (broad SMARTS) is 1. The van der Waals surface area contributed by atoms with Crippen LogP contribution in [0.25, 0.3) is 0 Å². The van der Waals surface area contributed by atoms with Gasteiger partial charge in [0.25, 0.3) is 0 Å². The van der Waals surface area contributed by atoms with Crippen molar-refractivity contribution in [3.63, 3.8) is 0 Å². The average Bonchev–Trinajstić information content (AvgIpc) is 3.23. The number of amides is 1. The van der Waals surface area contributed by atoms with Gasteiger partial charge in [0.15, 0.2) is 11.5 Å². The van der Waals surface area contributed by atoms with Gasteiger partial charge in [-0.15, -0.1) is 0 Å². The lowest BCUT2D eigenvalue weighted by Crippen LogP contribution is -2.43. The SMILES string of the molecule is C[C@H](NC(=O)[C@@H](CSC(=O)O)Cc1ccc2c(c1)OCO2)C(=O)OCc1ccccc1. The van der Waals surface area contributed by atoms with Gasteiger partial charge in [-0.2, -0.15) is 0 Å². The summed E-state index contributed by atoms with van der Waals surface area (Å²) in [6.07, 6.45) is 0.286. The van der Waals surface area contributed by atoms with E-state index >= 15 is 0 Å². The van der Waals surface area contributed by atoms with Crippen LogP contribution in [-0.4, -0.2) is 40.9 Å². The molecule has 1 heterocycles. The number of rotatable bonds is 9. The molecule has 0 spiro atoms. The first-order chi connectivity index (χ1) is 14.9. The second kappa shape index (κ2) is 10.7. The fourth-order valence-electron chi connectivity index (χ4n) is 3.00. The molecule has 2 atom stereocenters. The minimum absolute atomic E-state index is 0.0569. The number of ether oxygens (including phenoxy) is 3. The first-order valence-corrected chi connectivity index (χ1v) is 10.7. The summed E-state index contributed by atoms with van der Waals surface area (Å²) in [5.41, 5.74) is 1.64. The Hall–Kier alpha value is -3.20. The van der Waals surface area contributed by atoms with Gasteiger partial charge < -0.3 is 24.6 Å². The summed E-state index contributed by atoms with van der Waals surface area (Å²) in [5.74, 6) is -0.382. The van der Waals surface area contributed by atoms with Gasteiger partial charge in [-0.25, -0.2) is 9.59 Å². The zero-order chi connectivity index (χ0) is 22.2. The molecule has 0 saturated heterocycles. The van der Waals surface area contributed by atoms with E-state index in [4.69, 9.17) is 19.3 Å². The lowest BCUT2D eigenvalue weighted by atomic mass is 9.99. The lowest BCUT2D eigenvalue weighted by molar-refractivity contribution is -0.148. The van der Waals surface area contributed by atoms with E-state index in [1.807, 2.05) is 30.3 Å². The normalized spacial score (nSPS) is 13.8. The molecule has 2 N–H and O–H groups in total. The third-order valence-electron chi connectivity index (χ3n) is 4.63. The molecule has 0 radical (unpaired) electrons. The van der Waals surface area contributed by atoms with Gasteiger partial charge in [-0.05, 0) is 48.4 Å². The largest absolute Gasteiger partial charge is 0.473 e. The van der Waals surface area contributed by atoms with Gasteiger partial charge >= 0.3 is 11.3 Å². The molecule has 31 heavy (non-hydrogen) atoms. The maximum Gasteiger partial charge on any atom is 0.364 e. The molecule has 1 aliphatic rings. The highest BCUT2D eigenvalue weighted by Crippen LogP contribution is 2.33. The number of esters is 1. The fourth-order valence-corrected chi connectivity index (χ4v) is 3.61. The van der Waals surface area contributed by atoms with Crippen molar-refractivity contribution in [2.45, 2.75) is 26.0 Å². The molecule has 8 nitrogen and oxygen atoms in total. The number of carbonyl (C=O) groups excluding carboxylic acids is 2. The molecule has 0 unspecified atom stereocenters. The van der Waals surface area contributed by atoms with Crippen LogP contribution in [0.1, 0.15) is 18.1 Å². The number of thioether (sulfide) groups is 1. The Balaban J connectivity index is 1.59. The molecule has 1 aliphatic heterocycles. The summed E-state index contributed by atoms with van der Waals surface area (Å²) in [7, 11) is 0. The molecular weight excluding hydrogens is 422 g/mol. The second-order valence-corrected chi connectivity index (χ2v) is 7.96. The quantitative estimate of drug-likeness (QED) is 0.566. The predicted molar refractivity (Wildman–Crippen MR) is 114 cm³/mol. The van der Waals surface area contributed by atoms with Crippen LogP contribution in [-0.2, 0) is 27.4 Å². The summed E-state index contributed by atoms with van der Waals surface area (Å²) in [6.45, 7) is 1.78. The molecule has 0 fully saturated rings. The van der Waals surface area contributed by atoms with Crippen molar-refractivity contribution in [1.29, 1.82) is 0 Å². The molecule has 0 aromatic heterocycles. The summed E-state index contributed by atoms with van der Waals surface area (Å²) in [4.78, 5) is 36.1. The van der Waals surface area contributed by atoms with Crippen LogP contribution in [0.2, 0.25) is 0 Å². The zero-order valence-corrected chi connectivity index (χ0v) is 17.7. The number of benzene rings is 2. The molecule has 3 rings (SSSR count). The molecule has 2 aromatic rings. The Morgan fingerprint density at radius 3 is 2.58 bits per heavy atom. The van der Waals surface area contributed by atoms with Gasteiger partial charge in [-0.1, -0.05) is 36.4 Å². The highest BCUT2D eigenvalue weighted by atomic mass is 32.2. The number of hydrogen-bond acceptors (Lipinski definition) is 7. The minimum atomic E-state index is -1.07. The van der Waals surface area contributed by atoms with E-state index in [0.717, 1.165) is 11.1 Å². The summed E-state index contributed by atoms with van der Waals surface area (Å²) in [6, 6.07) is 13.7. The maximum atomic E-state index is 12.8. The molecule has 164 valence electrons. The molecule has 0 aliphatic carbocycles. The Bertz CT molecular complexity index is 935. The predicted octanol–water partition coefficient (Wildman–Crippen LogP) is 3.23. The van der Waals surface area contributed by atoms with Crippen LogP contribution in [0.5, 0.6) is 11.5 Å². The minimum Gasteiger partial charge on any atom is -0.473 e. The summed E-state index contributed by atoms with van der Waals surface area (Å²) >= 11 is 0.639. The standard InChI is InChI=1S/C22H23NO7S/c1-14(21(25)28-11-15-5-3-2-4-6-15)23-20(24)17(12-31-22(26)27)9-16-7-8-18-19(10-16)30-13-29-18/h2-8,10,14,17H,9,11-13H2,1H3,(H,23,24)(H,26,27)/t14-,17+/m0/s1. The van der Waals surface area contributed by atoms with E-state index in [2.05, 4.69) is 5.32 Å². The van der Waals surface area contributed by atoms with E-state index in [-0.39, 0.29) is 25.6 Å². The van der Waals surface area contributed by atoms with Gasteiger partial charge in [0, 0.05) is 5.75 Å². The third kappa shape index (κ3) is 6.65. The van der Waals surface area contributed by atoms with Crippen molar-refractivity contribution in [2.75, 3.05) is 12.5 Å². The first-order valence-electron chi connectivity index (χ1n) is 9.67. The Morgan fingerprint density at radius 1 is 1.10 bits per heavy atom. The van der Waals surface area contributed by atoms with Crippen molar-refractivity contribution in [3.05, 3.63) is 59.7 Å². The third-order valence-corrected chi connectivity index (χ3v) is 5.45. The van der Waals surface area contributed by atoms with E-state index in [1.165, 1.54) is 6.92 Å². The molecule has 0 saturated carbocycles. The van der Waals surface area contributed by atoms with E-state index in [0.29, 0.717) is 23.3 Å². The second-order valence-electron chi connectivity index (χ2n) is 6.99. The zero-order valence-electron chi connectivity index (χ0n) is 16.9. The number of nitrogens with one attached hydrogen (secondary N) is 1. The van der Waals surface area contributed by atoms with E-state index in [1.54, 1.807) is 18.2 Å². The van der Waals surface area contributed by atoms with Crippen molar-refractivity contribution < 1.29 is 33.7 Å². The number of carbonyl (C=O) groups is 3. The smallest absolute Gasteiger partial charge is 0.364 e. The molecule has 9 heteroatoms. The number of fused-ring (bicyclic) bond motifs is 1. The highest BCUT2D eigenvalue weighted by molar-refractivity contribution is 8.13. The Kier molecular flexibility index (Phi) is 7.77. The maximum absolute atomic E-state index is 12.8. The average molecular weight is 445 g/mol. The summed E-state index contributed by atoms with van der Waals surface area (Å²) in [5, 5.41) is 10.6. The number of hydrogen-bond donors (Lipinski definition) is 2. The van der Waals surface area contributed by atoms with E-state index < -0.39 is 29.1 Å². The highest BCUT2D eigenvalue weighted by Gasteiger charge is 2.26. The van der Waals surface area contributed by atoms with Crippen molar-refractivity contribution in [1.82, 2.24) is 5.32 Å². The van der Waals surface area contributed by atoms with Crippen LogP contribution in [0, 0.1) is 5.92 Å². The van der Waals surface area contributed by atoms with Crippen LogP contribution >= 0.6 is 11.8 Å². The summed E-state index contributed by atoms with van der Waals surface area (Å²) < 4.78 is 15.9. The molecule has 2 aromatic carbocycles. The van der Waals surface area contributed by atoms with Gasteiger partial charge in [0.2, 0.25) is 12.7 Å². The lowest BCUT2D eigenvalue weighted by Gasteiger charge is -2.19. The molecule has 1 amide bonds. The van der Waals surface area contributed by atoms with Crippen molar-refractivity contribution >= 4 is 28.9 Å². The van der Waals surface area contributed by atoms with Gasteiger partial charge in [-0.3, -0.25) is 4.79 Å². The van der Waals surface area contributed by atoms with Crippen LogP contribution in [0.15, 0.2) is 48.5 Å². The van der Waals surface area contributed by atoms with Crippen molar-refractivity contribution in [3.8, 4) is 11.5 Å². The van der Waals surface area contributed by atoms with Crippen LogP contribution in [0.3, 0.4) is 0 Å². The first kappa shape index (κ1) is 22.5. The fraction of sp³-hybridized carbons (Fsp3) is 0.318. The van der Waals surface area contributed by atoms with Crippen LogP contribution < -0.4 is 14.8 Å². The molecular formula is C22H23NO7S. The topological polar surface area (TPSA) is 111 Å². The van der Waals surface area contributed by atoms with E-state index in [9.17, 15) is 14.4 Å². The van der Waals surface area contributed by atoms with Gasteiger partial charge in [0.05, 0.1) is 5.92 Å². The Morgan fingerprint density at radius 2 is 1.84 bits per heavy atom. The molecule has 0 bridgehead atoms. The van der Waals surface area contributed by atoms with Gasteiger partial charge in [0.1, 0.15) is 12.6 Å². The van der Waals surface area contributed by atoms with Crippen LogP contribution in [0.4, 0.5) is 4.79 Å². The van der Waals surface area contributed by atoms with Crippen molar-refractivity contribution in [2.24, 2.45) is 5.92 Å². The monoisotopic (exact) mass is 445 g/mol. The Labute approximate surface area is 183 Å².